The van der Waals surface area contributed by atoms with Crippen molar-refractivity contribution >= 4 is 5.91 Å². The van der Waals surface area contributed by atoms with Crippen molar-refractivity contribution in [1.82, 2.24) is 5.32 Å². The van der Waals surface area contributed by atoms with E-state index in [0.29, 0.717) is 11.1 Å². The monoisotopic (exact) mass is 287 g/mol. The summed E-state index contributed by atoms with van der Waals surface area (Å²) in [5.74, 6) is -0.593. The molecule has 0 saturated heterocycles. The Morgan fingerprint density at radius 2 is 1.81 bits per heavy atom. The Hall–Kier alpha value is -2.20. The third-order valence-corrected chi connectivity index (χ3v) is 3.48. The maximum absolute atomic E-state index is 12.8. The lowest BCUT2D eigenvalue weighted by Crippen LogP contribution is -2.28. The standard InChI is InChI=1S/C17H18FNO2/c1-11-3-4-14(9-12(11)2)17(21)19-10-16(20)13-5-7-15(18)8-6-13/h3-9,16,20H,10H2,1-2H3,(H,19,21). The van der Waals surface area contributed by atoms with Gasteiger partial charge in [-0.2, -0.15) is 0 Å². The third kappa shape index (κ3) is 3.89. The van der Waals surface area contributed by atoms with Gasteiger partial charge >= 0.3 is 0 Å². The highest BCUT2D eigenvalue weighted by atomic mass is 19.1. The summed E-state index contributed by atoms with van der Waals surface area (Å²) in [6.07, 6.45) is -0.860. The number of carbonyl (C=O) groups is 1. The van der Waals surface area contributed by atoms with Gasteiger partial charge in [-0.05, 0) is 54.8 Å². The Labute approximate surface area is 123 Å². The molecule has 0 spiro atoms. The molecule has 110 valence electrons. The highest BCUT2D eigenvalue weighted by molar-refractivity contribution is 5.94. The second-order valence-electron chi connectivity index (χ2n) is 5.08. The summed E-state index contributed by atoms with van der Waals surface area (Å²) in [4.78, 5) is 12.0. The van der Waals surface area contributed by atoms with Crippen LogP contribution in [0.25, 0.3) is 0 Å². The summed E-state index contributed by atoms with van der Waals surface area (Å²) < 4.78 is 12.8. The molecule has 2 N–H and O–H groups in total. The molecule has 1 atom stereocenters. The van der Waals surface area contributed by atoms with E-state index in [0.717, 1.165) is 11.1 Å². The fourth-order valence-corrected chi connectivity index (χ4v) is 1.98. The fourth-order valence-electron chi connectivity index (χ4n) is 1.98. The van der Waals surface area contributed by atoms with Gasteiger partial charge in [-0.15, -0.1) is 0 Å². The van der Waals surface area contributed by atoms with Crippen LogP contribution in [0.1, 0.15) is 33.2 Å². The van der Waals surface area contributed by atoms with Gasteiger partial charge in [0.05, 0.1) is 6.10 Å². The Bertz CT molecular complexity index is 638. The summed E-state index contributed by atoms with van der Waals surface area (Å²) in [6.45, 7) is 4.01. The van der Waals surface area contributed by atoms with Gasteiger partial charge in [0.15, 0.2) is 0 Å². The first-order valence-corrected chi connectivity index (χ1v) is 6.76. The summed E-state index contributed by atoms with van der Waals surface area (Å²) >= 11 is 0. The van der Waals surface area contributed by atoms with Crippen molar-refractivity contribution in [3.8, 4) is 0 Å². The Morgan fingerprint density at radius 3 is 2.43 bits per heavy atom. The largest absolute Gasteiger partial charge is 0.387 e. The molecule has 2 aromatic carbocycles. The Kier molecular flexibility index (Phi) is 4.70. The molecule has 0 heterocycles. The van der Waals surface area contributed by atoms with E-state index in [1.807, 2.05) is 26.0 Å². The lowest BCUT2D eigenvalue weighted by molar-refractivity contribution is 0.0916. The van der Waals surface area contributed by atoms with Crippen LogP contribution in [0, 0.1) is 19.7 Å². The van der Waals surface area contributed by atoms with Crippen LogP contribution in [0.3, 0.4) is 0 Å². The molecule has 1 amide bonds. The molecule has 4 heteroatoms. The number of aliphatic hydroxyl groups excluding tert-OH is 1. The van der Waals surface area contributed by atoms with Crippen molar-refractivity contribution in [2.24, 2.45) is 0 Å². The first-order chi connectivity index (χ1) is 9.97. The van der Waals surface area contributed by atoms with Crippen LogP contribution < -0.4 is 5.32 Å². The average molecular weight is 287 g/mol. The van der Waals surface area contributed by atoms with Crippen LogP contribution in [-0.4, -0.2) is 17.6 Å². The fraction of sp³-hybridized carbons (Fsp3) is 0.235. The van der Waals surface area contributed by atoms with Crippen LogP contribution >= 0.6 is 0 Å². The van der Waals surface area contributed by atoms with Gasteiger partial charge in [0, 0.05) is 12.1 Å². The molecule has 0 saturated carbocycles. The quantitative estimate of drug-likeness (QED) is 0.908. The van der Waals surface area contributed by atoms with E-state index in [1.54, 1.807) is 6.07 Å². The van der Waals surface area contributed by atoms with Crippen molar-refractivity contribution in [1.29, 1.82) is 0 Å². The first kappa shape index (κ1) is 15.2. The maximum Gasteiger partial charge on any atom is 0.251 e. The van der Waals surface area contributed by atoms with E-state index in [2.05, 4.69) is 5.32 Å². The first-order valence-electron chi connectivity index (χ1n) is 6.76. The molecule has 0 aliphatic carbocycles. The highest BCUT2D eigenvalue weighted by Crippen LogP contribution is 2.13. The van der Waals surface area contributed by atoms with Crippen molar-refractivity contribution in [3.05, 3.63) is 70.5 Å². The minimum Gasteiger partial charge on any atom is -0.387 e. The van der Waals surface area contributed by atoms with Gasteiger partial charge in [-0.1, -0.05) is 18.2 Å². The molecule has 1 unspecified atom stereocenters. The number of benzene rings is 2. The number of rotatable bonds is 4. The Balaban J connectivity index is 1.97. The van der Waals surface area contributed by atoms with Crippen molar-refractivity contribution < 1.29 is 14.3 Å². The van der Waals surface area contributed by atoms with Crippen molar-refractivity contribution in [3.63, 3.8) is 0 Å². The van der Waals surface area contributed by atoms with E-state index in [9.17, 15) is 14.3 Å². The van der Waals surface area contributed by atoms with Gasteiger partial charge in [0.25, 0.3) is 5.91 Å². The van der Waals surface area contributed by atoms with Gasteiger partial charge in [0.1, 0.15) is 5.82 Å². The van der Waals surface area contributed by atoms with Gasteiger partial charge in [-0.3, -0.25) is 4.79 Å². The second-order valence-corrected chi connectivity index (χ2v) is 5.08. The summed E-state index contributed by atoms with van der Waals surface area (Å²) in [6, 6.07) is 11.0. The normalized spacial score (nSPS) is 12.0. The van der Waals surface area contributed by atoms with E-state index in [-0.39, 0.29) is 18.3 Å². The summed E-state index contributed by atoms with van der Waals surface area (Å²) in [5, 5.41) is 12.6. The second kappa shape index (κ2) is 6.50. The Morgan fingerprint density at radius 1 is 1.14 bits per heavy atom. The molecule has 2 rings (SSSR count). The molecule has 0 bridgehead atoms. The average Bonchev–Trinajstić information content (AvgIpc) is 2.48. The summed E-state index contributed by atoms with van der Waals surface area (Å²) in [5.41, 5.74) is 3.29. The molecular weight excluding hydrogens is 269 g/mol. The third-order valence-electron chi connectivity index (χ3n) is 3.48. The van der Waals surface area contributed by atoms with Crippen LogP contribution in [-0.2, 0) is 0 Å². The minimum absolute atomic E-state index is 0.0807. The molecule has 0 aliphatic rings. The van der Waals surface area contributed by atoms with Crippen LogP contribution in [0.15, 0.2) is 42.5 Å². The number of hydrogen-bond acceptors (Lipinski definition) is 2. The zero-order valence-corrected chi connectivity index (χ0v) is 12.1. The summed E-state index contributed by atoms with van der Waals surface area (Å²) in [7, 11) is 0. The lowest BCUT2D eigenvalue weighted by atomic mass is 10.1. The molecule has 0 fully saturated rings. The zero-order valence-electron chi connectivity index (χ0n) is 12.1. The number of nitrogens with one attached hydrogen (secondary N) is 1. The van der Waals surface area contributed by atoms with Gasteiger partial charge in [-0.25, -0.2) is 4.39 Å². The van der Waals surface area contributed by atoms with Crippen LogP contribution in [0.4, 0.5) is 4.39 Å². The maximum atomic E-state index is 12.8. The van der Waals surface area contributed by atoms with Crippen molar-refractivity contribution in [2.75, 3.05) is 6.54 Å². The molecule has 21 heavy (non-hydrogen) atoms. The minimum atomic E-state index is -0.860. The van der Waals surface area contributed by atoms with Crippen molar-refractivity contribution in [2.45, 2.75) is 20.0 Å². The van der Waals surface area contributed by atoms with E-state index >= 15 is 0 Å². The topological polar surface area (TPSA) is 49.3 Å². The molecule has 0 radical (unpaired) electrons. The molecule has 2 aromatic rings. The highest BCUT2D eigenvalue weighted by Gasteiger charge is 2.11. The molecule has 0 aromatic heterocycles. The van der Waals surface area contributed by atoms with Gasteiger partial charge in [0.2, 0.25) is 0 Å². The van der Waals surface area contributed by atoms with E-state index < -0.39 is 6.10 Å². The van der Waals surface area contributed by atoms with E-state index in [1.165, 1.54) is 24.3 Å². The van der Waals surface area contributed by atoms with Crippen LogP contribution in [0.2, 0.25) is 0 Å². The molecular formula is C17H18FNO2. The predicted octanol–water partition coefficient (Wildman–Crippen LogP) is 2.91. The number of aryl methyl sites for hydroxylation is 2. The van der Waals surface area contributed by atoms with E-state index in [4.69, 9.17) is 0 Å². The zero-order chi connectivity index (χ0) is 15.4. The SMILES string of the molecule is Cc1ccc(C(=O)NCC(O)c2ccc(F)cc2)cc1C. The number of aliphatic hydroxyl groups is 1. The number of carbonyl (C=O) groups excluding carboxylic acids is 1. The van der Waals surface area contributed by atoms with Crippen LogP contribution in [0.5, 0.6) is 0 Å². The molecule has 3 nitrogen and oxygen atoms in total. The number of halogens is 1. The number of amides is 1. The molecule has 0 aliphatic heterocycles. The van der Waals surface area contributed by atoms with Gasteiger partial charge < -0.3 is 10.4 Å². The predicted molar refractivity (Wildman–Crippen MR) is 79.6 cm³/mol. The lowest BCUT2D eigenvalue weighted by Gasteiger charge is -2.13. The number of hydrogen-bond donors (Lipinski definition) is 2. The smallest absolute Gasteiger partial charge is 0.251 e.